The third-order valence-electron chi connectivity index (χ3n) is 5.50. The number of likely N-dealkylation sites (N-methyl/N-ethyl adjacent to an activating group) is 1. The van der Waals surface area contributed by atoms with E-state index in [9.17, 15) is 9.59 Å². The van der Waals surface area contributed by atoms with Crippen molar-refractivity contribution in [1.82, 2.24) is 9.80 Å². The van der Waals surface area contributed by atoms with Crippen LogP contribution in [-0.2, 0) is 9.53 Å². The van der Waals surface area contributed by atoms with E-state index >= 15 is 0 Å². The fourth-order valence-electron chi connectivity index (χ4n) is 3.79. The lowest BCUT2D eigenvalue weighted by Crippen LogP contribution is -2.49. The van der Waals surface area contributed by atoms with E-state index in [-0.39, 0.29) is 23.9 Å². The molecule has 2 unspecified atom stereocenters. The maximum Gasteiger partial charge on any atom is 0.254 e. The molecule has 0 radical (unpaired) electrons. The van der Waals surface area contributed by atoms with Gasteiger partial charge in [-0.15, -0.1) is 0 Å². The Bertz CT molecular complexity index is 835. The molecule has 0 saturated heterocycles. The fourth-order valence-corrected chi connectivity index (χ4v) is 3.79. The quantitative estimate of drug-likeness (QED) is 0.771. The number of amides is 2. The van der Waals surface area contributed by atoms with Gasteiger partial charge in [-0.3, -0.25) is 9.59 Å². The van der Waals surface area contributed by atoms with Gasteiger partial charge < -0.3 is 14.5 Å². The number of benzene rings is 2. The number of ether oxygens (including phenoxy) is 1. The van der Waals surface area contributed by atoms with E-state index in [2.05, 4.69) is 0 Å². The maximum absolute atomic E-state index is 13.6. The van der Waals surface area contributed by atoms with Gasteiger partial charge in [-0.05, 0) is 31.0 Å². The minimum atomic E-state index is -0.458. The summed E-state index contributed by atoms with van der Waals surface area (Å²) in [6.07, 6.45) is 0. The molecule has 0 bridgehead atoms. The van der Waals surface area contributed by atoms with Crippen molar-refractivity contribution in [3.8, 4) is 0 Å². The highest BCUT2D eigenvalue weighted by Gasteiger charge is 2.44. The molecule has 28 heavy (non-hydrogen) atoms. The molecular weight excluding hydrogens is 352 g/mol. The monoisotopic (exact) mass is 380 g/mol. The summed E-state index contributed by atoms with van der Waals surface area (Å²) in [7, 11) is 3.45. The zero-order valence-corrected chi connectivity index (χ0v) is 17.0. The summed E-state index contributed by atoms with van der Waals surface area (Å²) < 4.78 is 5.26. The van der Waals surface area contributed by atoms with Crippen LogP contribution in [0.5, 0.6) is 0 Å². The number of hydrogen-bond acceptors (Lipinski definition) is 3. The Hall–Kier alpha value is -2.66. The summed E-state index contributed by atoms with van der Waals surface area (Å²) in [6.45, 7) is 4.84. The first-order valence-electron chi connectivity index (χ1n) is 9.67. The Morgan fingerprint density at radius 1 is 1.11 bits per heavy atom. The molecule has 2 aromatic rings. The summed E-state index contributed by atoms with van der Waals surface area (Å²) in [6, 6.07) is 17.0. The molecule has 1 aliphatic heterocycles. The van der Waals surface area contributed by atoms with Crippen molar-refractivity contribution in [3.05, 3.63) is 71.3 Å². The third-order valence-corrected chi connectivity index (χ3v) is 5.50. The van der Waals surface area contributed by atoms with Crippen LogP contribution in [0.1, 0.15) is 47.3 Å². The first-order chi connectivity index (χ1) is 13.5. The van der Waals surface area contributed by atoms with E-state index < -0.39 is 5.92 Å². The largest absolute Gasteiger partial charge is 0.383 e. The van der Waals surface area contributed by atoms with Crippen LogP contribution in [0.4, 0.5) is 0 Å². The molecule has 3 rings (SSSR count). The first-order valence-corrected chi connectivity index (χ1v) is 9.67. The lowest BCUT2D eigenvalue weighted by Gasteiger charge is -2.43. The molecule has 0 aromatic heterocycles. The van der Waals surface area contributed by atoms with Gasteiger partial charge in [-0.1, -0.05) is 48.5 Å². The second-order valence-electron chi connectivity index (χ2n) is 7.45. The summed E-state index contributed by atoms with van der Waals surface area (Å²) >= 11 is 0. The minimum Gasteiger partial charge on any atom is -0.383 e. The number of carbonyl (C=O) groups excluding carboxylic acids is 2. The van der Waals surface area contributed by atoms with Crippen LogP contribution in [0.3, 0.4) is 0 Å². The molecule has 2 atom stereocenters. The van der Waals surface area contributed by atoms with Crippen molar-refractivity contribution in [3.63, 3.8) is 0 Å². The Labute approximate surface area is 166 Å². The number of fused-ring (bicyclic) bond motifs is 1. The summed E-state index contributed by atoms with van der Waals surface area (Å²) in [4.78, 5) is 30.4. The average molecular weight is 380 g/mol. The van der Waals surface area contributed by atoms with E-state index in [1.54, 1.807) is 16.9 Å². The van der Waals surface area contributed by atoms with Crippen LogP contribution in [0.15, 0.2) is 54.6 Å². The van der Waals surface area contributed by atoms with Crippen molar-refractivity contribution < 1.29 is 14.3 Å². The van der Waals surface area contributed by atoms with Gasteiger partial charge in [0.15, 0.2) is 0 Å². The first kappa shape index (κ1) is 20.1. The van der Waals surface area contributed by atoms with Gasteiger partial charge in [-0.2, -0.15) is 0 Å². The summed E-state index contributed by atoms with van der Waals surface area (Å²) in [5, 5.41) is 0. The predicted molar refractivity (Wildman–Crippen MR) is 109 cm³/mol. The molecule has 0 spiro atoms. The Morgan fingerprint density at radius 3 is 2.39 bits per heavy atom. The third kappa shape index (κ3) is 3.67. The van der Waals surface area contributed by atoms with E-state index in [0.717, 1.165) is 11.1 Å². The summed E-state index contributed by atoms with van der Waals surface area (Å²) in [5.41, 5.74) is 2.35. The van der Waals surface area contributed by atoms with Gasteiger partial charge in [-0.25, -0.2) is 0 Å². The minimum absolute atomic E-state index is 0.0196. The second-order valence-corrected chi connectivity index (χ2v) is 7.45. The number of methoxy groups -OCH3 is 1. The highest BCUT2D eigenvalue weighted by molar-refractivity contribution is 6.01. The highest BCUT2D eigenvalue weighted by Crippen LogP contribution is 2.43. The molecule has 0 fully saturated rings. The molecule has 1 aliphatic rings. The molecule has 0 aliphatic carbocycles. The smallest absolute Gasteiger partial charge is 0.254 e. The van der Waals surface area contributed by atoms with Crippen molar-refractivity contribution in [2.24, 2.45) is 0 Å². The molecule has 148 valence electrons. The van der Waals surface area contributed by atoms with Gasteiger partial charge in [0.25, 0.3) is 5.91 Å². The van der Waals surface area contributed by atoms with E-state index in [4.69, 9.17) is 4.74 Å². The zero-order chi connectivity index (χ0) is 20.3. The molecule has 1 heterocycles. The fraction of sp³-hybridized carbons (Fsp3) is 0.391. The molecular formula is C23H28N2O3. The van der Waals surface area contributed by atoms with Crippen molar-refractivity contribution in [2.75, 3.05) is 27.3 Å². The topological polar surface area (TPSA) is 49.9 Å². The van der Waals surface area contributed by atoms with Crippen molar-refractivity contribution >= 4 is 11.8 Å². The van der Waals surface area contributed by atoms with Gasteiger partial charge in [0, 0.05) is 32.3 Å². The highest BCUT2D eigenvalue weighted by atomic mass is 16.5. The molecule has 0 N–H and O–H groups in total. The van der Waals surface area contributed by atoms with Gasteiger partial charge >= 0.3 is 0 Å². The van der Waals surface area contributed by atoms with E-state index in [0.29, 0.717) is 18.7 Å². The lowest BCUT2D eigenvalue weighted by molar-refractivity contribution is -0.134. The Morgan fingerprint density at radius 2 is 1.75 bits per heavy atom. The Kier molecular flexibility index (Phi) is 6.15. The standard InChI is InChI=1S/C23H28N2O3/c1-16(2)24(3)23(27)20-18-12-8-9-13-19(18)22(26)25(14-15-28-4)21(20)17-10-6-5-7-11-17/h5-13,16,20-21H,14-15H2,1-4H3. The van der Waals surface area contributed by atoms with Crippen LogP contribution >= 0.6 is 0 Å². The normalized spacial score (nSPS) is 18.9. The molecule has 2 aromatic carbocycles. The number of rotatable bonds is 6. The molecule has 5 nitrogen and oxygen atoms in total. The molecule has 2 amide bonds. The van der Waals surface area contributed by atoms with Crippen molar-refractivity contribution in [1.29, 1.82) is 0 Å². The number of hydrogen-bond donors (Lipinski definition) is 0. The molecule has 5 heteroatoms. The van der Waals surface area contributed by atoms with Crippen LogP contribution in [-0.4, -0.2) is 55.0 Å². The zero-order valence-electron chi connectivity index (χ0n) is 17.0. The van der Waals surface area contributed by atoms with Crippen molar-refractivity contribution in [2.45, 2.75) is 31.8 Å². The van der Waals surface area contributed by atoms with Gasteiger partial charge in [0.05, 0.1) is 18.6 Å². The van der Waals surface area contributed by atoms with Crippen LogP contribution in [0.25, 0.3) is 0 Å². The summed E-state index contributed by atoms with van der Waals surface area (Å²) in [5.74, 6) is -0.496. The Balaban J connectivity index is 2.18. The van der Waals surface area contributed by atoms with Crippen LogP contribution in [0, 0.1) is 0 Å². The van der Waals surface area contributed by atoms with E-state index in [1.807, 2.05) is 75.5 Å². The average Bonchev–Trinajstić information content (AvgIpc) is 2.72. The van der Waals surface area contributed by atoms with Crippen LogP contribution < -0.4 is 0 Å². The second kappa shape index (κ2) is 8.57. The lowest BCUT2D eigenvalue weighted by atomic mass is 9.78. The number of carbonyl (C=O) groups is 2. The van der Waals surface area contributed by atoms with E-state index in [1.165, 1.54) is 0 Å². The predicted octanol–water partition coefficient (Wildman–Crippen LogP) is 3.48. The van der Waals surface area contributed by atoms with Crippen LogP contribution in [0.2, 0.25) is 0 Å². The maximum atomic E-state index is 13.6. The molecule has 0 saturated carbocycles. The number of nitrogens with zero attached hydrogens (tertiary/aromatic N) is 2. The van der Waals surface area contributed by atoms with Gasteiger partial charge in [0.2, 0.25) is 5.91 Å². The van der Waals surface area contributed by atoms with Gasteiger partial charge in [0.1, 0.15) is 0 Å². The SMILES string of the molecule is COCCN1C(=O)c2ccccc2C(C(=O)N(C)C(C)C)C1c1ccccc1.